The number of aryl methyl sites for hydroxylation is 1. The molecule has 1 N–H and O–H groups in total. The van der Waals surface area contributed by atoms with Crippen LogP contribution in [-0.4, -0.2) is 31.1 Å². The highest BCUT2D eigenvalue weighted by Gasteiger charge is 2.30. The van der Waals surface area contributed by atoms with Crippen LogP contribution in [0.4, 0.5) is 0 Å². The highest BCUT2D eigenvalue weighted by molar-refractivity contribution is 5.25. The molecule has 1 unspecified atom stereocenters. The molecule has 0 bridgehead atoms. The highest BCUT2D eigenvalue weighted by Crippen LogP contribution is 2.30. The zero-order valence-electron chi connectivity index (χ0n) is 13.6. The molecule has 0 aliphatic carbocycles. The molecule has 1 aromatic rings. The molecular weight excluding hydrogens is 244 g/mol. The molecule has 2 nitrogen and oxygen atoms in total. The van der Waals surface area contributed by atoms with Crippen molar-refractivity contribution in [2.24, 2.45) is 5.41 Å². The maximum atomic E-state index is 3.73. The summed E-state index contributed by atoms with van der Waals surface area (Å²) in [7, 11) is 0. The topological polar surface area (TPSA) is 15.3 Å². The average molecular weight is 274 g/mol. The molecule has 20 heavy (non-hydrogen) atoms. The Kier molecular flexibility index (Phi) is 5.22. The number of likely N-dealkylation sites (tertiary alicyclic amines) is 1. The fraction of sp³-hybridized carbons (Fsp3) is 0.667. The van der Waals surface area contributed by atoms with Crippen LogP contribution in [0.5, 0.6) is 0 Å². The van der Waals surface area contributed by atoms with Gasteiger partial charge in [-0.3, -0.25) is 0 Å². The van der Waals surface area contributed by atoms with E-state index in [9.17, 15) is 0 Å². The summed E-state index contributed by atoms with van der Waals surface area (Å²) in [6.45, 7) is 13.9. The number of nitrogens with one attached hydrogen (secondary N) is 1. The van der Waals surface area contributed by atoms with Crippen LogP contribution in [0.15, 0.2) is 24.3 Å². The van der Waals surface area contributed by atoms with Crippen LogP contribution in [0.25, 0.3) is 0 Å². The predicted octanol–water partition coefficient (Wildman–Crippen LogP) is 3.77. The Morgan fingerprint density at radius 1 is 1.35 bits per heavy atom. The maximum absolute atomic E-state index is 3.73. The first kappa shape index (κ1) is 15.5. The summed E-state index contributed by atoms with van der Waals surface area (Å²) in [4.78, 5) is 2.62. The maximum Gasteiger partial charge on any atom is 0.0449 e. The summed E-state index contributed by atoms with van der Waals surface area (Å²) in [5, 5.41) is 3.73. The zero-order chi connectivity index (χ0) is 14.6. The van der Waals surface area contributed by atoms with E-state index in [1.165, 1.54) is 37.1 Å². The first-order chi connectivity index (χ1) is 9.50. The van der Waals surface area contributed by atoms with Gasteiger partial charge in [0.1, 0.15) is 0 Å². The van der Waals surface area contributed by atoms with Crippen molar-refractivity contribution in [3.63, 3.8) is 0 Å². The summed E-state index contributed by atoms with van der Waals surface area (Å²) < 4.78 is 0. The van der Waals surface area contributed by atoms with E-state index in [0.717, 1.165) is 13.1 Å². The molecule has 0 saturated carbocycles. The van der Waals surface area contributed by atoms with Gasteiger partial charge >= 0.3 is 0 Å². The van der Waals surface area contributed by atoms with Gasteiger partial charge in [-0.15, -0.1) is 0 Å². The molecule has 0 spiro atoms. The second-order valence-corrected chi connectivity index (χ2v) is 7.07. The monoisotopic (exact) mass is 274 g/mol. The lowest BCUT2D eigenvalue weighted by atomic mass is 9.93. The number of rotatable bonds is 6. The Balaban J connectivity index is 2.04. The van der Waals surface area contributed by atoms with Gasteiger partial charge in [0.2, 0.25) is 0 Å². The minimum atomic E-state index is 0.462. The zero-order valence-corrected chi connectivity index (χ0v) is 13.6. The highest BCUT2D eigenvalue weighted by atomic mass is 15.2. The van der Waals surface area contributed by atoms with Gasteiger partial charge in [-0.2, -0.15) is 0 Å². The summed E-state index contributed by atoms with van der Waals surface area (Å²) >= 11 is 0. The van der Waals surface area contributed by atoms with Crippen LogP contribution in [0.2, 0.25) is 0 Å². The third kappa shape index (κ3) is 4.32. The lowest BCUT2D eigenvalue weighted by molar-refractivity contribution is 0.260. The SMILES string of the molecule is CCCNC(CN1CCC(C)(C)C1)c1cccc(C)c1. The molecule has 0 radical (unpaired) electrons. The normalized spacial score (nSPS) is 20.2. The second kappa shape index (κ2) is 6.73. The van der Waals surface area contributed by atoms with Crippen molar-refractivity contribution in [2.45, 2.75) is 46.6 Å². The van der Waals surface area contributed by atoms with Crippen LogP contribution in [-0.2, 0) is 0 Å². The fourth-order valence-electron chi connectivity index (χ4n) is 3.13. The second-order valence-electron chi connectivity index (χ2n) is 7.07. The Morgan fingerprint density at radius 2 is 2.15 bits per heavy atom. The quantitative estimate of drug-likeness (QED) is 0.849. The fourth-order valence-corrected chi connectivity index (χ4v) is 3.13. The molecule has 0 amide bonds. The number of benzene rings is 1. The van der Waals surface area contributed by atoms with Crippen LogP contribution in [0.3, 0.4) is 0 Å². The lowest BCUT2D eigenvalue weighted by Gasteiger charge is -2.26. The van der Waals surface area contributed by atoms with E-state index in [0.29, 0.717) is 11.5 Å². The molecule has 1 aliphatic rings. The van der Waals surface area contributed by atoms with Gasteiger partial charge in [-0.25, -0.2) is 0 Å². The van der Waals surface area contributed by atoms with Gasteiger partial charge in [0.05, 0.1) is 0 Å². The Morgan fingerprint density at radius 3 is 2.75 bits per heavy atom. The summed E-state index contributed by atoms with van der Waals surface area (Å²) in [5.74, 6) is 0. The predicted molar refractivity (Wildman–Crippen MR) is 87.1 cm³/mol. The largest absolute Gasteiger partial charge is 0.309 e. The van der Waals surface area contributed by atoms with Crippen molar-refractivity contribution >= 4 is 0 Å². The molecule has 2 rings (SSSR count). The first-order valence-electron chi connectivity index (χ1n) is 8.02. The van der Waals surface area contributed by atoms with Crippen molar-refractivity contribution in [1.29, 1.82) is 0 Å². The van der Waals surface area contributed by atoms with Gasteiger partial charge in [-0.05, 0) is 43.8 Å². The van der Waals surface area contributed by atoms with E-state index >= 15 is 0 Å². The van der Waals surface area contributed by atoms with E-state index in [2.05, 4.69) is 62.2 Å². The van der Waals surface area contributed by atoms with Crippen LogP contribution in [0.1, 0.15) is 50.8 Å². The molecule has 1 aromatic carbocycles. The van der Waals surface area contributed by atoms with Crippen molar-refractivity contribution < 1.29 is 0 Å². The van der Waals surface area contributed by atoms with Crippen LogP contribution in [0, 0.1) is 12.3 Å². The van der Waals surface area contributed by atoms with Crippen LogP contribution < -0.4 is 5.32 Å². The molecular formula is C18H30N2. The van der Waals surface area contributed by atoms with Gasteiger partial charge < -0.3 is 10.2 Å². The summed E-state index contributed by atoms with van der Waals surface area (Å²) in [5.41, 5.74) is 3.28. The molecule has 1 saturated heterocycles. The van der Waals surface area contributed by atoms with Crippen molar-refractivity contribution in [2.75, 3.05) is 26.2 Å². The van der Waals surface area contributed by atoms with Gasteiger partial charge in [0.25, 0.3) is 0 Å². The lowest BCUT2D eigenvalue weighted by Crippen LogP contribution is -2.35. The van der Waals surface area contributed by atoms with E-state index < -0.39 is 0 Å². The van der Waals surface area contributed by atoms with Gasteiger partial charge in [0, 0.05) is 19.1 Å². The summed E-state index contributed by atoms with van der Waals surface area (Å²) in [6.07, 6.45) is 2.51. The number of nitrogens with zero attached hydrogens (tertiary/aromatic N) is 1. The van der Waals surface area contributed by atoms with E-state index in [1.54, 1.807) is 0 Å². The van der Waals surface area contributed by atoms with Gasteiger partial charge in [-0.1, -0.05) is 50.6 Å². The molecule has 1 heterocycles. The first-order valence-corrected chi connectivity index (χ1v) is 8.02. The third-order valence-electron chi connectivity index (χ3n) is 4.28. The van der Waals surface area contributed by atoms with E-state index in [1.807, 2.05) is 0 Å². The molecule has 2 heteroatoms. The van der Waals surface area contributed by atoms with Crippen LogP contribution >= 0.6 is 0 Å². The van der Waals surface area contributed by atoms with Crippen molar-refractivity contribution in [3.05, 3.63) is 35.4 Å². The minimum Gasteiger partial charge on any atom is -0.309 e. The third-order valence-corrected chi connectivity index (χ3v) is 4.28. The minimum absolute atomic E-state index is 0.462. The average Bonchev–Trinajstić information content (AvgIpc) is 2.74. The summed E-state index contributed by atoms with van der Waals surface area (Å²) in [6, 6.07) is 9.41. The standard InChI is InChI=1S/C18H30N2/c1-5-10-19-17(16-8-6-7-15(2)12-16)13-20-11-9-18(3,4)14-20/h6-8,12,17,19H,5,9-11,13-14H2,1-4H3. The Bertz CT molecular complexity index is 425. The molecule has 1 aliphatic heterocycles. The Labute approximate surface area is 124 Å². The molecule has 112 valence electrons. The molecule has 0 aromatic heterocycles. The van der Waals surface area contributed by atoms with Crippen molar-refractivity contribution in [3.8, 4) is 0 Å². The molecule has 1 atom stereocenters. The van der Waals surface area contributed by atoms with E-state index in [4.69, 9.17) is 0 Å². The Hall–Kier alpha value is -0.860. The molecule has 1 fully saturated rings. The number of hydrogen-bond donors (Lipinski definition) is 1. The van der Waals surface area contributed by atoms with Crippen molar-refractivity contribution in [1.82, 2.24) is 10.2 Å². The smallest absolute Gasteiger partial charge is 0.0449 e. The van der Waals surface area contributed by atoms with Gasteiger partial charge in [0.15, 0.2) is 0 Å². The van der Waals surface area contributed by atoms with E-state index in [-0.39, 0.29) is 0 Å². The number of hydrogen-bond acceptors (Lipinski definition) is 2.